The molecule has 2 fully saturated rings. The minimum atomic E-state index is 0. The third-order valence-corrected chi connectivity index (χ3v) is 3.94. The van der Waals surface area contributed by atoms with Crippen LogP contribution in [0.1, 0.15) is 25.7 Å². The zero-order valence-electron chi connectivity index (χ0n) is 7.83. The Labute approximate surface area is 90.6 Å². The molecule has 0 aromatic heterocycles. The average molecular weight is 224 g/mol. The summed E-state index contributed by atoms with van der Waals surface area (Å²) in [5, 5.41) is 4.27. The summed E-state index contributed by atoms with van der Waals surface area (Å²) >= 11 is 2.12. The predicted octanol–water partition coefficient (Wildman–Crippen LogP) is 2.03. The first-order chi connectivity index (χ1) is 5.95. The predicted molar refractivity (Wildman–Crippen MR) is 59.7 cm³/mol. The molecule has 0 aromatic rings. The standard InChI is InChI=1S/C9H17NOS.ClH/c1-3-8(12-6-1)7-9-10-4-2-5-11-9;/h8-10H,1-7H2;1H. The minimum Gasteiger partial charge on any atom is -0.363 e. The van der Waals surface area contributed by atoms with Gasteiger partial charge in [-0.1, -0.05) is 0 Å². The lowest BCUT2D eigenvalue weighted by Gasteiger charge is -2.26. The van der Waals surface area contributed by atoms with E-state index < -0.39 is 0 Å². The van der Waals surface area contributed by atoms with Gasteiger partial charge in [-0.25, -0.2) is 0 Å². The molecule has 2 atom stereocenters. The molecule has 0 saturated carbocycles. The minimum absolute atomic E-state index is 0. The van der Waals surface area contributed by atoms with Gasteiger partial charge >= 0.3 is 0 Å². The van der Waals surface area contributed by atoms with Gasteiger partial charge in [0.1, 0.15) is 6.23 Å². The topological polar surface area (TPSA) is 21.3 Å². The van der Waals surface area contributed by atoms with Crippen molar-refractivity contribution in [2.45, 2.75) is 37.2 Å². The quantitative estimate of drug-likeness (QED) is 0.774. The van der Waals surface area contributed by atoms with Crippen molar-refractivity contribution in [3.8, 4) is 0 Å². The van der Waals surface area contributed by atoms with Gasteiger partial charge in [-0.3, -0.25) is 5.32 Å². The van der Waals surface area contributed by atoms with Gasteiger partial charge in [0.2, 0.25) is 0 Å². The van der Waals surface area contributed by atoms with E-state index in [1.54, 1.807) is 0 Å². The van der Waals surface area contributed by atoms with E-state index in [4.69, 9.17) is 4.74 Å². The largest absolute Gasteiger partial charge is 0.363 e. The molecule has 2 heterocycles. The smallest absolute Gasteiger partial charge is 0.109 e. The van der Waals surface area contributed by atoms with Crippen LogP contribution in [0.3, 0.4) is 0 Å². The molecule has 2 aliphatic heterocycles. The van der Waals surface area contributed by atoms with Crippen LogP contribution in [0.2, 0.25) is 0 Å². The molecule has 2 saturated heterocycles. The van der Waals surface area contributed by atoms with Crippen LogP contribution in [0.5, 0.6) is 0 Å². The highest BCUT2D eigenvalue weighted by atomic mass is 35.5. The fourth-order valence-corrected chi connectivity index (χ4v) is 3.15. The maximum absolute atomic E-state index is 5.62. The van der Waals surface area contributed by atoms with E-state index in [2.05, 4.69) is 17.1 Å². The average Bonchev–Trinajstić information content (AvgIpc) is 2.59. The lowest BCUT2D eigenvalue weighted by molar-refractivity contribution is -0.00375. The fraction of sp³-hybridized carbons (Fsp3) is 1.00. The van der Waals surface area contributed by atoms with E-state index >= 15 is 0 Å². The molecule has 0 amide bonds. The van der Waals surface area contributed by atoms with E-state index in [1.165, 1.54) is 31.4 Å². The molecule has 2 nitrogen and oxygen atoms in total. The van der Waals surface area contributed by atoms with Crippen LogP contribution < -0.4 is 5.32 Å². The molecular formula is C9H18ClNOS. The highest BCUT2D eigenvalue weighted by Gasteiger charge is 2.21. The second kappa shape index (κ2) is 6.12. The number of ether oxygens (including phenoxy) is 1. The number of halogens is 1. The lowest BCUT2D eigenvalue weighted by Crippen LogP contribution is -2.39. The Morgan fingerprint density at radius 1 is 1.38 bits per heavy atom. The molecular weight excluding hydrogens is 206 g/mol. The normalized spacial score (nSPS) is 34.2. The molecule has 4 heteroatoms. The summed E-state index contributed by atoms with van der Waals surface area (Å²) in [7, 11) is 0. The van der Waals surface area contributed by atoms with Gasteiger partial charge in [-0.05, 0) is 38.0 Å². The van der Waals surface area contributed by atoms with Gasteiger partial charge in [-0.15, -0.1) is 12.4 Å². The summed E-state index contributed by atoms with van der Waals surface area (Å²) in [5.41, 5.74) is 0. The summed E-state index contributed by atoms with van der Waals surface area (Å²) in [6.07, 6.45) is 5.54. The van der Waals surface area contributed by atoms with E-state index in [1.807, 2.05) is 0 Å². The van der Waals surface area contributed by atoms with Crippen molar-refractivity contribution >= 4 is 24.2 Å². The number of thioether (sulfide) groups is 1. The van der Waals surface area contributed by atoms with Crippen molar-refractivity contribution in [3.05, 3.63) is 0 Å². The van der Waals surface area contributed by atoms with E-state index in [0.29, 0.717) is 6.23 Å². The fourth-order valence-electron chi connectivity index (χ4n) is 1.84. The Hall–Kier alpha value is 0.560. The molecule has 1 N–H and O–H groups in total. The number of rotatable bonds is 2. The van der Waals surface area contributed by atoms with Gasteiger partial charge in [0.25, 0.3) is 0 Å². The zero-order chi connectivity index (χ0) is 8.23. The molecule has 2 aliphatic rings. The van der Waals surface area contributed by atoms with Crippen LogP contribution in [0.25, 0.3) is 0 Å². The highest BCUT2D eigenvalue weighted by Crippen LogP contribution is 2.29. The molecule has 2 rings (SSSR count). The highest BCUT2D eigenvalue weighted by molar-refractivity contribution is 8.00. The molecule has 0 bridgehead atoms. The Morgan fingerprint density at radius 2 is 2.31 bits per heavy atom. The molecule has 0 aromatic carbocycles. The molecule has 78 valence electrons. The van der Waals surface area contributed by atoms with Gasteiger partial charge in [-0.2, -0.15) is 11.8 Å². The molecule has 13 heavy (non-hydrogen) atoms. The van der Waals surface area contributed by atoms with Crippen molar-refractivity contribution in [2.75, 3.05) is 18.9 Å². The first-order valence-corrected chi connectivity index (χ1v) is 5.96. The van der Waals surface area contributed by atoms with Gasteiger partial charge < -0.3 is 4.74 Å². The van der Waals surface area contributed by atoms with E-state index in [0.717, 1.165) is 18.4 Å². The number of nitrogens with one attached hydrogen (secondary N) is 1. The summed E-state index contributed by atoms with van der Waals surface area (Å²) in [6, 6.07) is 0. The van der Waals surface area contributed by atoms with Crippen LogP contribution in [0, 0.1) is 0 Å². The summed E-state index contributed by atoms with van der Waals surface area (Å²) < 4.78 is 5.62. The molecule has 0 aliphatic carbocycles. The van der Waals surface area contributed by atoms with Crippen molar-refractivity contribution in [1.29, 1.82) is 0 Å². The Morgan fingerprint density at radius 3 is 2.92 bits per heavy atom. The van der Waals surface area contributed by atoms with Crippen molar-refractivity contribution in [2.24, 2.45) is 0 Å². The Balaban J connectivity index is 0.000000845. The maximum atomic E-state index is 5.62. The second-order valence-corrected chi connectivity index (χ2v) is 4.95. The number of hydrogen-bond donors (Lipinski definition) is 1. The molecule has 0 radical (unpaired) electrons. The summed E-state index contributed by atoms with van der Waals surface area (Å²) in [4.78, 5) is 0. The van der Waals surface area contributed by atoms with Crippen molar-refractivity contribution < 1.29 is 4.74 Å². The van der Waals surface area contributed by atoms with Gasteiger partial charge in [0, 0.05) is 11.9 Å². The third kappa shape index (κ3) is 3.66. The molecule has 0 spiro atoms. The summed E-state index contributed by atoms with van der Waals surface area (Å²) in [6.45, 7) is 2.09. The first kappa shape index (κ1) is 11.6. The summed E-state index contributed by atoms with van der Waals surface area (Å²) in [5.74, 6) is 1.36. The third-order valence-electron chi connectivity index (χ3n) is 2.51. The lowest BCUT2D eigenvalue weighted by atomic mass is 10.2. The first-order valence-electron chi connectivity index (χ1n) is 4.92. The maximum Gasteiger partial charge on any atom is 0.109 e. The SMILES string of the molecule is C1CNC(CC2CCCS2)OC1.Cl. The Kier molecular flexibility index (Phi) is 5.48. The van der Waals surface area contributed by atoms with Crippen LogP contribution in [-0.4, -0.2) is 30.4 Å². The van der Waals surface area contributed by atoms with Gasteiger partial charge in [0.05, 0.1) is 0 Å². The van der Waals surface area contributed by atoms with Crippen molar-refractivity contribution in [1.82, 2.24) is 5.32 Å². The van der Waals surface area contributed by atoms with Crippen LogP contribution >= 0.6 is 24.2 Å². The van der Waals surface area contributed by atoms with Crippen molar-refractivity contribution in [3.63, 3.8) is 0 Å². The number of hydrogen-bond acceptors (Lipinski definition) is 3. The van der Waals surface area contributed by atoms with Crippen LogP contribution in [0.4, 0.5) is 0 Å². The van der Waals surface area contributed by atoms with Crippen LogP contribution in [0.15, 0.2) is 0 Å². The Bertz CT molecular complexity index is 136. The zero-order valence-corrected chi connectivity index (χ0v) is 9.46. The molecule has 2 unspecified atom stereocenters. The van der Waals surface area contributed by atoms with E-state index in [-0.39, 0.29) is 12.4 Å². The monoisotopic (exact) mass is 223 g/mol. The van der Waals surface area contributed by atoms with Gasteiger partial charge in [0.15, 0.2) is 0 Å². The van der Waals surface area contributed by atoms with Crippen LogP contribution in [-0.2, 0) is 4.74 Å². The van der Waals surface area contributed by atoms with E-state index in [9.17, 15) is 0 Å². The second-order valence-electron chi connectivity index (χ2n) is 3.54.